The monoisotopic (exact) mass is 333 g/mol. The van der Waals surface area contributed by atoms with E-state index in [1.54, 1.807) is 13.3 Å². The van der Waals surface area contributed by atoms with Crippen LogP contribution < -0.4 is 4.74 Å². The number of tetrazole rings is 1. The molecular weight excluding hydrogens is 318 g/mol. The third-order valence-corrected chi connectivity index (χ3v) is 3.67. The van der Waals surface area contributed by atoms with Crippen molar-refractivity contribution in [3.05, 3.63) is 66.7 Å². The van der Waals surface area contributed by atoms with Crippen molar-refractivity contribution in [1.82, 2.24) is 25.2 Å². The highest BCUT2D eigenvalue weighted by Crippen LogP contribution is 2.21. The van der Waals surface area contributed by atoms with E-state index in [-0.39, 0.29) is 0 Å². The van der Waals surface area contributed by atoms with E-state index in [0.717, 1.165) is 16.9 Å². The minimum absolute atomic E-state index is 0.309. The first-order valence-corrected chi connectivity index (χ1v) is 7.74. The van der Waals surface area contributed by atoms with E-state index in [4.69, 9.17) is 9.15 Å². The molecule has 0 amide bonds. The Labute approximate surface area is 143 Å². The maximum Gasteiger partial charge on any atom is 0.218 e. The van der Waals surface area contributed by atoms with Crippen LogP contribution in [0.4, 0.5) is 0 Å². The highest BCUT2D eigenvalue weighted by atomic mass is 16.5. The third kappa shape index (κ3) is 3.25. The Morgan fingerprint density at radius 2 is 1.88 bits per heavy atom. The molecule has 2 heterocycles. The molecule has 7 nitrogen and oxygen atoms in total. The van der Waals surface area contributed by atoms with Crippen molar-refractivity contribution < 1.29 is 9.15 Å². The first kappa shape index (κ1) is 15.1. The summed E-state index contributed by atoms with van der Waals surface area (Å²) in [5, 5.41) is 12.5. The average molecular weight is 333 g/mol. The highest BCUT2D eigenvalue weighted by molar-refractivity contribution is 5.57. The van der Waals surface area contributed by atoms with Crippen LogP contribution in [0, 0.1) is 0 Å². The molecule has 0 bridgehead atoms. The summed E-state index contributed by atoms with van der Waals surface area (Å²) in [6.07, 6.45) is 1.70. The summed E-state index contributed by atoms with van der Waals surface area (Å²) in [6, 6.07) is 17.3. The molecule has 0 aliphatic heterocycles. The van der Waals surface area contributed by atoms with E-state index in [1.807, 2.05) is 54.6 Å². The fraction of sp³-hybridized carbons (Fsp3) is 0.111. The molecule has 0 aliphatic carbocycles. The molecule has 0 saturated heterocycles. The van der Waals surface area contributed by atoms with Crippen LogP contribution in [0.1, 0.15) is 5.89 Å². The Morgan fingerprint density at radius 3 is 2.72 bits per heavy atom. The molecule has 7 heteroatoms. The number of benzene rings is 2. The highest BCUT2D eigenvalue weighted by Gasteiger charge is 2.11. The minimum Gasteiger partial charge on any atom is -0.497 e. The second-order valence-electron chi connectivity index (χ2n) is 5.36. The van der Waals surface area contributed by atoms with Gasteiger partial charge in [-0.05, 0) is 17.3 Å². The molecular formula is C18H15N5O2. The molecule has 2 aromatic carbocycles. The van der Waals surface area contributed by atoms with Crippen molar-refractivity contribution in [3.8, 4) is 28.5 Å². The van der Waals surface area contributed by atoms with Crippen molar-refractivity contribution in [2.24, 2.45) is 0 Å². The van der Waals surface area contributed by atoms with Crippen molar-refractivity contribution in [3.63, 3.8) is 0 Å². The molecule has 0 atom stereocenters. The second-order valence-corrected chi connectivity index (χ2v) is 5.36. The average Bonchev–Trinajstić information content (AvgIpc) is 3.33. The summed E-state index contributed by atoms with van der Waals surface area (Å²) in [7, 11) is 1.62. The largest absolute Gasteiger partial charge is 0.497 e. The first-order valence-electron chi connectivity index (χ1n) is 7.74. The third-order valence-electron chi connectivity index (χ3n) is 3.67. The lowest BCUT2D eigenvalue weighted by Crippen LogP contribution is -2.04. The molecule has 4 aromatic rings. The number of nitrogens with zero attached hydrogens (tertiary/aromatic N) is 5. The number of hydrogen-bond acceptors (Lipinski definition) is 6. The zero-order chi connectivity index (χ0) is 17.1. The van der Waals surface area contributed by atoms with E-state index < -0.39 is 0 Å². The maximum absolute atomic E-state index is 5.77. The molecule has 0 fully saturated rings. The molecule has 0 spiro atoms. The summed E-state index contributed by atoms with van der Waals surface area (Å²) in [4.78, 5) is 5.74. The number of rotatable bonds is 5. The van der Waals surface area contributed by atoms with Gasteiger partial charge in [0, 0.05) is 11.1 Å². The predicted octanol–water partition coefficient (Wildman–Crippen LogP) is 3.05. The van der Waals surface area contributed by atoms with E-state index in [2.05, 4.69) is 20.4 Å². The van der Waals surface area contributed by atoms with Gasteiger partial charge in [0.2, 0.25) is 11.7 Å². The van der Waals surface area contributed by atoms with Gasteiger partial charge in [0.25, 0.3) is 0 Å². The van der Waals surface area contributed by atoms with Gasteiger partial charge >= 0.3 is 0 Å². The number of ether oxygens (including phenoxy) is 1. The summed E-state index contributed by atoms with van der Waals surface area (Å²) in [5.74, 6) is 2.50. The molecule has 0 aliphatic rings. The van der Waals surface area contributed by atoms with Crippen molar-refractivity contribution in [1.29, 1.82) is 0 Å². The summed E-state index contributed by atoms with van der Waals surface area (Å²) < 4.78 is 11.0. The fourth-order valence-electron chi connectivity index (χ4n) is 2.43. The van der Waals surface area contributed by atoms with Gasteiger partial charge in [-0.25, -0.2) is 4.98 Å². The lowest BCUT2D eigenvalue weighted by Gasteiger charge is -2.00. The quantitative estimate of drug-likeness (QED) is 0.558. The maximum atomic E-state index is 5.77. The number of hydrogen-bond donors (Lipinski definition) is 0. The van der Waals surface area contributed by atoms with Crippen molar-refractivity contribution in [2.45, 2.75) is 6.54 Å². The Hall–Kier alpha value is -3.48. The fourth-order valence-corrected chi connectivity index (χ4v) is 2.43. The van der Waals surface area contributed by atoms with E-state index >= 15 is 0 Å². The molecule has 25 heavy (non-hydrogen) atoms. The van der Waals surface area contributed by atoms with Crippen LogP contribution in [-0.2, 0) is 6.54 Å². The van der Waals surface area contributed by atoms with Crippen LogP contribution in [0.25, 0.3) is 22.7 Å². The Balaban J connectivity index is 1.53. The van der Waals surface area contributed by atoms with Crippen LogP contribution in [-0.4, -0.2) is 32.3 Å². The molecule has 124 valence electrons. The number of methoxy groups -OCH3 is 1. The van der Waals surface area contributed by atoms with Crippen LogP contribution in [0.15, 0.2) is 65.2 Å². The lowest BCUT2D eigenvalue weighted by atomic mass is 10.2. The van der Waals surface area contributed by atoms with Gasteiger partial charge in [0.05, 0.1) is 13.3 Å². The smallest absolute Gasteiger partial charge is 0.218 e. The Kier molecular flexibility index (Phi) is 3.96. The van der Waals surface area contributed by atoms with Crippen LogP contribution in [0.2, 0.25) is 0 Å². The normalized spacial score (nSPS) is 10.8. The molecule has 0 unspecified atom stereocenters. The SMILES string of the molecule is COc1cccc(-c2nnn(Cc3ncc(-c4ccccc4)o3)n2)c1. The summed E-state index contributed by atoms with van der Waals surface area (Å²) >= 11 is 0. The molecule has 2 aromatic heterocycles. The second kappa shape index (κ2) is 6.56. The van der Waals surface area contributed by atoms with Gasteiger partial charge in [-0.1, -0.05) is 42.5 Å². The Morgan fingerprint density at radius 1 is 1.04 bits per heavy atom. The topological polar surface area (TPSA) is 78.9 Å². The van der Waals surface area contributed by atoms with Crippen molar-refractivity contribution in [2.75, 3.05) is 7.11 Å². The predicted molar refractivity (Wildman–Crippen MR) is 90.8 cm³/mol. The number of oxazole rings is 1. The van der Waals surface area contributed by atoms with E-state index in [1.165, 1.54) is 4.80 Å². The minimum atomic E-state index is 0.309. The van der Waals surface area contributed by atoms with Gasteiger partial charge in [-0.15, -0.1) is 10.2 Å². The number of aromatic nitrogens is 5. The lowest BCUT2D eigenvalue weighted by molar-refractivity contribution is 0.415. The van der Waals surface area contributed by atoms with Crippen LogP contribution in [0.5, 0.6) is 5.75 Å². The van der Waals surface area contributed by atoms with Crippen LogP contribution in [0.3, 0.4) is 0 Å². The van der Waals surface area contributed by atoms with Gasteiger partial charge in [-0.3, -0.25) is 0 Å². The van der Waals surface area contributed by atoms with Gasteiger partial charge in [0.1, 0.15) is 12.3 Å². The standard InChI is InChI=1S/C18H15N5O2/c1-24-15-9-5-8-14(10-15)18-20-22-23(21-18)12-17-19-11-16(25-17)13-6-3-2-4-7-13/h2-11H,12H2,1H3. The first-order chi connectivity index (χ1) is 12.3. The van der Waals surface area contributed by atoms with Gasteiger partial charge in [-0.2, -0.15) is 4.80 Å². The molecule has 0 N–H and O–H groups in total. The van der Waals surface area contributed by atoms with Gasteiger partial charge in [0.15, 0.2) is 5.76 Å². The van der Waals surface area contributed by atoms with Crippen molar-refractivity contribution >= 4 is 0 Å². The summed E-state index contributed by atoms with van der Waals surface area (Å²) in [5.41, 5.74) is 1.81. The summed E-state index contributed by atoms with van der Waals surface area (Å²) in [6.45, 7) is 0.309. The van der Waals surface area contributed by atoms with Crippen LogP contribution >= 0.6 is 0 Å². The molecule has 4 rings (SSSR count). The van der Waals surface area contributed by atoms with E-state index in [9.17, 15) is 0 Å². The molecule has 0 saturated carbocycles. The van der Waals surface area contributed by atoms with Gasteiger partial charge < -0.3 is 9.15 Å². The zero-order valence-electron chi connectivity index (χ0n) is 13.5. The van der Waals surface area contributed by atoms with E-state index in [0.29, 0.717) is 24.0 Å². The molecule has 0 radical (unpaired) electrons. The Bertz CT molecular complexity index is 978. The zero-order valence-corrected chi connectivity index (χ0v) is 13.5.